The van der Waals surface area contributed by atoms with Crippen molar-refractivity contribution < 1.29 is 9.59 Å². The van der Waals surface area contributed by atoms with Gasteiger partial charge in [-0.2, -0.15) is 0 Å². The average Bonchev–Trinajstić information content (AvgIpc) is 3.39. The number of fused-ring (bicyclic) bond motifs is 1. The summed E-state index contributed by atoms with van der Waals surface area (Å²) < 4.78 is 0. The van der Waals surface area contributed by atoms with Gasteiger partial charge in [0.15, 0.2) is 0 Å². The number of carbonyl (C=O) groups is 2. The molecule has 4 rings (SSSR count). The van der Waals surface area contributed by atoms with Crippen molar-refractivity contribution in [2.24, 2.45) is 5.92 Å². The lowest BCUT2D eigenvalue weighted by atomic mass is 10.0. The number of hydrogen-bond donors (Lipinski definition) is 2. The molecule has 1 saturated carbocycles. The lowest BCUT2D eigenvalue weighted by Crippen LogP contribution is -2.19. The average molecular weight is 321 g/mol. The first-order valence-electron chi connectivity index (χ1n) is 8.36. The first-order valence-corrected chi connectivity index (χ1v) is 8.36. The van der Waals surface area contributed by atoms with Gasteiger partial charge in [0.25, 0.3) is 5.91 Å². The molecule has 0 spiro atoms. The minimum Gasteiger partial charge on any atom is -0.326 e. The first-order chi connectivity index (χ1) is 11.7. The van der Waals surface area contributed by atoms with Gasteiger partial charge in [0, 0.05) is 35.8 Å². The van der Waals surface area contributed by atoms with Gasteiger partial charge in [0.1, 0.15) is 0 Å². The third kappa shape index (κ3) is 3.15. The number of amides is 2. The van der Waals surface area contributed by atoms with Crippen LogP contribution >= 0.6 is 0 Å². The van der Waals surface area contributed by atoms with Gasteiger partial charge in [0.05, 0.1) is 0 Å². The Labute approximate surface area is 140 Å². The molecule has 2 aromatic rings. The van der Waals surface area contributed by atoms with Crippen LogP contribution in [-0.4, -0.2) is 16.8 Å². The van der Waals surface area contributed by atoms with Crippen LogP contribution in [0.2, 0.25) is 0 Å². The fourth-order valence-corrected chi connectivity index (χ4v) is 3.10. The lowest BCUT2D eigenvalue weighted by molar-refractivity contribution is -0.116. The molecule has 0 unspecified atom stereocenters. The molecule has 5 nitrogen and oxygen atoms in total. The summed E-state index contributed by atoms with van der Waals surface area (Å²) in [7, 11) is 0. The Hall–Kier alpha value is -2.69. The maximum absolute atomic E-state index is 12.6. The fourth-order valence-electron chi connectivity index (χ4n) is 3.10. The molecule has 0 atom stereocenters. The van der Waals surface area contributed by atoms with Crippen molar-refractivity contribution in [3.63, 3.8) is 0 Å². The molecular weight excluding hydrogens is 302 g/mol. The molecule has 2 heterocycles. The van der Waals surface area contributed by atoms with Crippen LogP contribution < -0.4 is 10.6 Å². The van der Waals surface area contributed by atoms with E-state index in [9.17, 15) is 9.59 Å². The Morgan fingerprint density at radius 2 is 2.12 bits per heavy atom. The molecule has 1 aliphatic carbocycles. The molecule has 24 heavy (non-hydrogen) atoms. The maximum atomic E-state index is 12.6. The zero-order chi connectivity index (χ0) is 16.5. The molecule has 1 aliphatic heterocycles. The van der Waals surface area contributed by atoms with E-state index in [0.29, 0.717) is 24.3 Å². The van der Waals surface area contributed by atoms with Crippen molar-refractivity contribution in [2.75, 3.05) is 10.6 Å². The number of nitrogens with one attached hydrogen (secondary N) is 2. The van der Waals surface area contributed by atoms with E-state index >= 15 is 0 Å². The van der Waals surface area contributed by atoms with Crippen LogP contribution in [0.25, 0.3) is 0 Å². The second kappa shape index (κ2) is 6.07. The van der Waals surface area contributed by atoms with Gasteiger partial charge in [-0.25, -0.2) is 0 Å². The number of benzene rings is 1. The van der Waals surface area contributed by atoms with E-state index in [0.717, 1.165) is 28.9 Å². The summed E-state index contributed by atoms with van der Waals surface area (Å²) in [5.74, 6) is 0.640. The number of hydrogen-bond acceptors (Lipinski definition) is 3. The van der Waals surface area contributed by atoms with Crippen molar-refractivity contribution in [2.45, 2.75) is 32.1 Å². The van der Waals surface area contributed by atoms with E-state index in [4.69, 9.17) is 0 Å². The van der Waals surface area contributed by atoms with Crippen LogP contribution in [0, 0.1) is 5.92 Å². The molecule has 122 valence electrons. The molecular formula is C19H19N3O2. The van der Waals surface area contributed by atoms with Crippen molar-refractivity contribution in [3.8, 4) is 0 Å². The van der Waals surface area contributed by atoms with Crippen molar-refractivity contribution in [1.82, 2.24) is 4.98 Å². The second-order valence-electron chi connectivity index (χ2n) is 6.55. The molecule has 2 amide bonds. The Balaban J connectivity index is 1.53. The third-order valence-electron chi connectivity index (χ3n) is 4.61. The van der Waals surface area contributed by atoms with Crippen LogP contribution in [0.15, 0.2) is 36.7 Å². The Bertz CT molecular complexity index is 812. The number of carbonyl (C=O) groups excluding carboxylic acids is 2. The molecule has 0 saturated heterocycles. The largest absolute Gasteiger partial charge is 0.326 e. The van der Waals surface area contributed by atoms with Crippen LogP contribution in [0.5, 0.6) is 0 Å². The van der Waals surface area contributed by atoms with Crippen LogP contribution in [0.3, 0.4) is 0 Å². The minimum absolute atomic E-state index is 0.0424. The van der Waals surface area contributed by atoms with Gasteiger partial charge in [-0.15, -0.1) is 0 Å². The van der Waals surface area contributed by atoms with Gasteiger partial charge < -0.3 is 10.6 Å². The normalized spacial score (nSPS) is 16.2. The SMILES string of the molecule is O=C1CCc2cc(NC(=O)c3ccncc3CC3CC3)ccc2N1. The highest BCUT2D eigenvalue weighted by Gasteiger charge is 2.24. The third-order valence-corrected chi connectivity index (χ3v) is 4.61. The number of nitrogens with zero attached hydrogens (tertiary/aromatic N) is 1. The number of aromatic nitrogens is 1. The summed E-state index contributed by atoms with van der Waals surface area (Å²) in [5.41, 5.74) is 4.36. The summed E-state index contributed by atoms with van der Waals surface area (Å²) in [6.07, 6.45) is 8.06. The van der Waals surface area contributed by atoms with E-state index in [1.54, 1.807) is 18.5 Å². The number of aryl methyl sites for hydroxylation is 1. The van der Waals surface area contributed by atoms with E-state index in [2.05, 4.69) is 15.6 Å². The standard InChI is InChI=1S/C19H19N3O2/c23-18-6-3-13-10-15(4-5-17(13)22-18)21-19(24)16-7-8-20-11-14(16)9-12-1-2-12/h4-5,7-8,10-12H,1-3,6,9H2,(H,21,24)(H,22,23). The first kappa shape index (κ1) is 14.9. The molecule has 2 aliphatic rings. The van der Waals surface area contributed by atoms with E-state index < -0.39 is 0 Å². The molecule has 2 N–H and O–H groups in total. The van der Waals surface area contributed by atoms with Gasteiger partial charge in [-0.1, -0.05) is 0 Å². The molecule has 0 bridgehead atoms. The number of pyridine rings is 1. The Morgan fingerprint density at radius 1 is 1.25 bits per heavy atom. The van der Waals surface area contributed by atoms with Gasteiger partial charge >= 0.3 is 0 Å². The molecule has 5 heteroatoms. The fraction of sp³-hybridized carbons (Fsp3) is 0.316. The second-order valence-corrected chi connectivity index (χ2v) is 6.55. The number of rotatable bonds is 4. The summed E-state index contributed by atoms with van der Waals surface area (Å²) >= 11 is 0. The smallest absolute Gasteiger partial charge is 0.256 e. The van der Waals surface area contributed by atoms with Crippen molar-refractivity contribution in [3.05, 3.63) is 53.3 Å². The zero-order valence-corrected chi connectivity index (χ0v) is 13.3. The van der Waals surface area contributed by atoms with E-state index in [1.165, 1.54) is 12.8 Å². The number of anilines is 2. The minimum atomic E-state index is -0.104. The van der Waals surface area contributed by atoms with Crippen molar-refractivity contribution >= 4 is 23.2 Å². The molecule has 1 aromatic heterocycles. The summed E-state index contributed by atoms with van der Waals surface area (Å²) in [5, 5.41) is 5.82. The highest BCUT2D eigenvalue weighted by atomic mass is 16.2. The van der Waals surface area contributed by atoms with Crippen LogP contribution in [-0.2, 0) is 17.6 Å². The Kier molecular flexibility index (Phi) is 3.76. The molecule has 1 fully saturated rings. The molecule has 1 aromatic carbocycles. The topological polar surface area (TPSA) is 71.1 Å². The predicted octanol–water partition coefficient (Wildman–Crippen LogP) is 3.17. The maximum Gasteiger partial charge on any atom is 0.256 e. The highest BCUT2D eigenvalue weighted by Crippen LogP contribution is 2.33. The lowest BCUT2D eigenvalue weighted by Gasteiger charge is -2.18. The summed E-state index contributed by atoms with van der Waals surface area (Å²) in [6, 6.07) is 7.39. The molecule has 0 radical (unpaired) electrons. The quantitative estimate of drug-likeness (QED) is 0.908. The summed E-state index contributed by atoms with van der Waals surface area (Å²) in [4.78, 5) is 28.2. The van der Waals surface area contributed by atoms with Crippen LogP contribution in [0.4, 0.5) is 11.4 Å². The monoisotopic (exact) mass is 321 g/mol. The van der Waals surface area contributed by atoms with Gasteiger partial charge in [-0.3, -0.25) is 14.6 Å². The Morgan fingerprint density at radius 3 is 2.96 bits per heavy atom. The predicted molar refractivity (Wildman–Crippen MR) is 92.0 cm³/mol. The zero-order valence-electron chi connectivity index (χ0n) is 13.3. The van der Waals surface area contributed by atoms with E-state index in [1.807, 2.05) is 18.2 Å². The van der Waals surface area contributed by atoms with Gasteiger partial charge in [0.2, 0.25) is 5.91 Å². The van der Waals surface area contributed by atoms with Gasteiger partial charge in [-0.05, 0) is 67.0 Å². The van der Waals surface area contributed by atoms with Crippen LogP contribution in [0.1, 0.15) is 40.7 Å². The van der Waals surface area contributed by atoms with Crippen molar-refractivity contribution in [1.29, 1.82) is 0 Å². The summed E-state index contributed by atoms with van der Waals surface area (Å²) in [6.45, 7) is 0. The highest BCUT2D eigenvalue weighted by molar-refractivity contribution is 6.05. The van der Waals surface area contributed by atoms with E-state index in [-0.39, 0.29) is 11.8 Å².